The molecule has 43 heavy (non-hydrogen) atoms. The molecule has 222 valence electrons. The van der Waals surface area contributed by atoms with Gasteiger partial charge in [0.05, 0.1) is 40.9 Å². The highest BCUT2D eigenvalue weighted by Gasteiger charge is 2.47. The highest BCUT2D eigenvalue weighted by molar-refractivity contribution is 6.01. The van der Waals surface area contributed by atoms with Crippen molar-refractivity contribution in [1.82, 2.24) is 28.8 Å². The van der Waals surface area contributed by atoms with Crippen molar-refractivity contribution in [3.63, 3.8) is 0 Å². The number of anilines is 2. The second-order valence-corrected chi connectivity index (χ2v) is 12.7. The van der Waals surface area contributed by atoms with Crippen LogP contribution in [0.5, 0.6) is 5.75 Å². The first-order valence-electron chi connectivity index (χ1n) is 15.3. The summed E-state index contributed by atoms with van der Waals surface area (Å²) in [5, 5.41) is 9.32. The summed E-state index contributed by atoms with van der Waals surface area (Å²) >= 11 is 0. The number of fused-ring (bicyclic) bond motifs is 4. The molecule has 3 aliphatic rings. The number of amides is 1. The number of aromatic nitrogens is 5. The van der Waals surface area contributed by atoms with E-state index < -0.39 is 0 Å². The SMILES string of the molecule is COc1cc(C(=O)N2C[C@H]3CC[C@@H]2[C@@H]3N)cc2nc(-c3cc4cccc(Nc5cn(C)nc5C)c4n3CC3CC3)n(C)c12. The van der Waals surface area contributed by atoms with Crippen LogP contribution in [-0.4, -0.2) is 60.4 Å². The molecule has 2 saturated carbocycles. The predicted octanol–water partition coefficient (Wildman–Crippen LogP) is 4.96. The smallest absolute Gasteiger partial charge is 0.254 e. The van der Waals surface area contributed by atoms with Crippen LogP contribution < -0.4 is 15.8 Å². The van der Waals surface area contributed by atoms with Crippen LogP contribution in [-0.2, 0) is 20.6 Å². The van der Waals surface area contributed by atoms with Crippen molar-refractivity contribution in [2.45, 2.75) is 51.2 Å². The molecule has 2 aliphatic carbocycles. The summed E-state index contributed by atoms with van der Waals surface area (Å²) in [5.74, 6) is 2.56. The quantitative estimate of drug-likeness (QED) is 0.283. The molecule has 1 saturated heterocycles. The number of aryl methyl sites for hydroxylation is 3. The number of imidazole rings is 1. The van der Waals surface area contributed by atoms with Gasteiger partial charge in [-0.15, -0.1) is 0 Å². The second-order valence-electron chi connectivity index (χ2n) is 12.7. The molecule has 2 bridgehead atoms. The Morgan fingerprint density at radius 3 is 2.60 bits per heavy atom. The summed E-state index contributed by atoms with van der Waals surface area (Å²) < 4.78 is 12.2. The Hall–Kier alpha value is -4.31. The molecule has 8 rings (SSSR count). The third kappa shape index (κ3) is 4.14. The topological polar surface area (TPSA) is 108 Å². The van der Waals surface area contributed by atoms with Gasteiger partial charge in [-0.2, -0.15) is 5.10 Å². The molecule has 10 nitrogen and oxygen atoms in total. The average Bonchev–Trinajstić information content (AvgIpc) is 3.18. The van der Waals surface area contributed by atoms with Crippen LogP contribution in [0.4, 0.5) is 11.4 Å². The molecule has 4 heterocycles. The lowest BCUT2D eigenvalue weighted by atomic mass is 10.1. The van der Waals surface area contributed by atoms with Crippen LogP contribution >= 0.6 is 0 Å². The van der Waals surface area contributed by atoms with Gasteiger partial charge >= 0.3 is 0 Å². The zero-order valence-electron chi connectivity index (χ0n) is 25.2. The first kappa shape index (κ1) is 26.3. The van der Waals surface area contributed by atoms with Crippen LogP contribution in [0.1, 0.15) is 41.7 Å². The van der Waals surface area contributed by atoms with Crippen molar-refractivity contribution in [3.05, 3.63) is 53.9 Å². The summed E-state index contributed by atoms with van der Waals surface area (Å²) in [4.78, 5) is 20.9. The fourth-order valence-corrected chi connectivity index (χ4v) is 7.49. The largest absolute Gasteiger partial charge is 0.494 e. The third-order valence-corrected chi connectivity index (χ3v) is 9.89. The Kier molecular flexibility index (Phi) is 5.88. The predicted molar refractivity (Wildman–Crippen MR) is 168 cm³/mol. The van der Waals surface area contributed by atoms with Gasteiger partial charge in [0.25, 0.3) is 5.91 Å². The number of para-hydroxylation sites is 1. The number of nitrogens with two attached hydrogens (primary N) is 1. The molecular formula is C33H38N8O2. The van der Waals surface area contributed by atoms with Crippen molar-refractivity contribution >= 4 is 39.2 Å². The Labute approximate surface area is 250 Å². The van der Waals surface area contributed by atoms with Gasteiger partial charge in [0.15, 0.2) is 5.82 Å². The first-order valence-corrected chi connectivity index (χ1v) is 15.3. The molecule has 3 N–H and O–H groups in total. The summed E-state index contributed by atoms with van der Waals surface area (Å²) in [7, 11) is 5.63. The number of hydrogen-bond acceptors (Lipinski definition) is 6. The summed E-state index contributed by atoms with van der Waals surface area (Å²) in [6.45, 7) is 3.67. The third-order valence-electron chi connectivity index (χ3n) is 9.89. The molecule has 3 fully saturated rings. The van der Waals surface area contributed by atoms with Gasteiger partial charge in [0.2, 0.25) is 0 Å². The molecule has 1 amide bonds. The van der Waals surface area contributed by atoms with Crippen molar-refractivity contribution in [2.75, 3.05) is 19.0 Å². The van der Waals surface area contributed by atoms with Crippen LogP contribution in [0.2, 0.25) is 0 Å². The summed E-state index contributed by atoms with van der Waals surface area (Å²) in [6, 6.07) is 12.6. The van der Waals surface area contributed by atoms with Crippen molar-refractivity contribution < 1.29 is 9.53 Å². The number of hydrogen-bond donors (Lipinski definition) is 2. The van der Waals surface area contributed by atoms with Crippen molar-refractivity contribution in [2.24, 2.45) is 31.7 Å². The van der Waals surface area contributed by atoms with E-state index in [1.54, 1.807) is 7.11 Å². The standard InChI is InChI=1S/C33H38N8O2/c1-18-25(17-38(2)37-18)35-23-7-5-6-20-13-27(40(30(20)23)15-19-8-9-19)32-36-24-12-22(14-28(43-4)31(24)39(32)3)33(42)41-16-21-10-11-26(41)29(21)34/h5-7,12-14,17,19,21,26,29,35H,8-11,15-16,34H2,1-4H3/t21-,26-,29-/m1/s1. The lowest BCUT2D eigenvalue weighted by Crippen LogP contribution is -2.41. The minimum absolute atomic E-state index is 0.0133. The minimum atomic E-state index is 0.0133. The van der Waals surface area contributed by atoms with Gasteiger partial charge in [-0.25, -0.2) is 4.98 Å². The number of methoxy groups -OCH3 is 1. The molecular weight excluding hydrogens is 540 g/mol. The number of carbonyl (C=O) groups excluding carboxylic acids is 1. The van der Waals surface area contributed by atoms with Gasteiger partial charge in [0, 0.05) is 56.4 Å². The Morgan fingerprint density at radius 1 is 1.09 bits per heavy atom. The van der Waals surface area contributed by atoms with Gasteiger partial charge in [0.1, 0.15) is 11.3 Å². The second kappa shape index (κ2) is 9.60. The number of ether oxygens (including phenoxy) is 1. The van der Waals surface area contributed by atoms with Crippen LogP contribution in [0.15, 0.2) is 42.6 Å². The van der Waals surface area contributed by atoms with Crippen molar-refractivity contribution in [3.8, 4) is 17.3 Å². The molecule has 1 aliphatic heterocycles. The molecule has 2 aromatic carbocycles. The van der Waals surface area contributed by atoms with E-state index in [-0.39, 0.29) is 18.0 Å². The van der Waals surface area contributed by atoms with Gasteiger partial charge < -0.3 is 29.8 Å². The van der Waals surface area contributed by atoms with Crippen LogP contribution in [0, 0.1) is 18.8 Å². The number of carbonyl (C=O) groups is 1. The van der Waals surface area contributed by atoms with E-state index in [9.17, 15) is 4.79 Å². The fourth-order valence-electron chi connectivity index (χ4n) is 7.49. The van der Waals surface area contributed by atoms with Gasteiger partial charge in [-0.05, 0) is 68.7 Å². The maximum atomic E-state index is 13.7. The summed E-state index contributed by atoms with van der Waals surface area (Å²) in [6.07, 6.45) is 6.57. The Morgan fingerprint density at radius 2 is 1.93 bits per heavy atom. The van der Waals surface area contributed by atoms with Gasteiger partial charge in [-0.3, -0.25) is 9.48 Å². The highest BCUT2D eigenvalue weighted by atomic mass is 16.5. The monoisotopic (exact) mass is 578 g/mol. The lowest BCUT2D eigenvalue weighted by Gasteiger charge is -2.27. The van der Waals surface area contributed by atoms with E-state index in [4.69, 9.17) is 15.5 Å². The average molecular weight is 579 g/mol. The van der Waals surface area contributed by atoms with E-state index in [0.29, 0.717) is 23.1 Å². The Bertz CT molecular complexity index is 1910. The number of piperidine rings is 1. The van der Waals surface area contributed by atoms with E-state index >= 15 is 0 Å². The lowest BCUT2D eigenvalue weighted by molar-refractivity contribution is 0.0700. The highest BCUT2D eigenvalue weighted by Crippen LogP contribution is 2.41. The zero-order valence-corrected chi connectivity index (χ0v) is 25.2. The number of benzene rings is 2. The van der Waals surface area contributed by atoms with E-state index in [1.165, 1.54) is 12.8 Å². The van der Waals surface area contributed by atoms with E-state index in [2.05, 4.69) is 43.8 Å². The number of rotatable bonds is 7. The normalized spacial score (nSPS) is 21.4. The Balaban J connectivity index is 1.25. The first-order chi connectivity index (χ1) is 20.8. The molecule has 5 aromatic rings. The van der Waals surface area contributed by atoms with Gasteiger partial charge in [-0.1, -0.05) is 12.1 Å². The molecule has 10 heteroatoms. The minimum Gasteiger partial charge on any atom is -0.494 e. The molecule has 3 atom stereocenters. The fraction of sp³-hybridized carbons (Fsp3) is 0.424. The molecule has 0 spiro atoms. The molecule has 3 aromatic heterocycles. The maximum absolute atomic E-state index is 13.7. The summed E-state index contributed by atoms with van der Waals surface area (Å²) in [5.41, 5.74) is 13.9. The van der Waals surface area contributed by atoms with Crippen LogP contribution in [0.25, 0.3) is 33.5 Å². The van der Waals surface area contributed by atoms with E-state index in [1.807, 2.05) is 48.9 Å². The number of likely N-dealkylation sites (tertiary alicyclic amines) is 1. The molecule has 0 unspecified atom stereocenters. The van der Waals surface area contributed by atoms with E-state index in [0.717, 1.165) is 76.5 Å². The van der Waals surface area contributed by atoms with Crippen LogP contribution in [0.3, 0.4) is 0 Å². The van der Waals surface area contributed by atoms with Crippen molar-refractivity contribution in [1.29, 1.82) is 0 Å². The zero-order chi connectivity index (χ0) is 29.6. The number of nitrogens with zero attached hydrogens (tertiary/aromatic N) is 6. The molecule has 0 radical (unpaired) electrons. The maximum Gasteiger partial charge on any atom is 0.254 e. The number of nitrogens with one attached hydrogen (secondary N) is 1.